The molecule has 5 rings (SSSR count). The fourth-order valence-electron chi connectivity index (χ4n) is 7.32. The first kappa shape index (κ1) is 39.6. The second kappa shape index (κ2) is 21.2. The van der Waals surface area contributed by atoms with Crippen LogP contribution in [0.3, 0.4) is 0 Å². The van der Waals surface area contributed by atoms with Crippen LogP contribution in [0.5, 0.6) is 0 Å². The van der Waals surface area contributed by atoms with Gasteiger partial charge in [0.25, 0.3) is 0 Å². The summed E-state index contributed by atoms with van der Waals surface area (Å²) in [5, 5.41) is 0. The molecule has 268 valence electrons. The van der Waals surface area contributed by atoms with E-state index in [1.54, 1.807) is 0 Å². The van der Waals surface area contributed by atoms with Gasteiger partial charge in [-0.15, -0.1) is 0 Å². The average Bonchev–Trinajstić information content (AvgIpc) is 3.20. The van der Waals surface area contributed by atoms with Crippen LogP contribution in [0, 0.1) is 0 Å². The highest BCUT2D eigenvalue weighted by atomic mass is 16.1. The molecule has 0 aliphatic rings. The van der Waals surface area contributed by atoms with Crippen molar-refractivity contribution in [1.29, 1.82) is 0 Å². The van der Waals surface area contributed by atoms with E-state index >= 15 is 0 Å². The molecule has 0 saturated heterocycles. The summed E-state index contributed by atoms with van der Waals surface area (Å²) in [7, 11) is 0.469. The van der Waals surface area contributed by atoms with Gasteiger partial charge in [0.2, 0.25) is 0 Å². The molecule has 3 heteroatoms. The zero-order valence-electron chi connectivity index (χ0n) is 30.9. The molecule has 0 aromatic heterocycles. The Bertz CT molecular complexity index is 1530. The van der Waals surface area contributed by atoms with Crippen molar-refractivity contribution in [3.8, 4) is 0 Å². The van der Waals surface area contributed by atoms with E-state index in [2.05, 4.69) is 124 Å². The SMILES string of the molecule is CCCC[N+](CCCC)(CCCC)Cc1ccc(C(=O)c2ccccc2)cc1.[BH3-]CCCC(c1ccccc1)(c1ccccc1)c1ccccc1. The molecule has 5 aromatic carbocycles. The second-order valence-corrected chi connectivity index (χ2v) is 13.7. The average molecular weight is 680 g/mol. The molecule has 51 heavy (non-hydrogen) atoms. The molecule has 0 aliphatic carbocycles. The molecule has 2 nitrogen and oxygen atoms in total. The van der Waals surface area contributed by atoms with Crippen molar-refractivity contribution < 1.29 is 9.28 Å². The molecular formula is C48H62BNO. The standard InChI is InChI=1S/C26H38NO.C22H24B/c1-4-7-19-27(20-8-5-2,21-9-6-3)22-23-15-17-25(18-16-23)26(28)24-13-11-10-12-14-24;23-18-10-17-22(19-11-4-1-5-12-19,20-13-6-2-7-14-20)21-15-8-3-9-16-21/h10-18H,4-9,19-22H2,1-3H3;1-9,11-16H,10,17-18H2,23H3/q+1;-1. The molecule has 0 saturated carbocycles. The van der Waals surface area contributed by atoms with Gasteiger partial charge >= 0.3 is 0 Å². The number of rotatable bonds is 19. The third-order valence-corrected chi connectivity index (χ3v) is 10.1. The van der Waals surface area contributed by atoms with Gasteiger partial charge in [0.05, 0.1) is 19.6 Å². The Morgan fingerprint density at radius 2 is 0.882 bits per heavy atom. The molecule has 0 atom stereocenters. The third-order valence-electron chi connectivity index (χ3n) is 10.1. The van der Waals surface area contributed by atoms with Gasteiger partial charge < -0.3 is 4.48 Å². The summed E-state index contributed by atoms with van der Waals surface area (Å²) in [6.07, 6.45) is 11.6. The molecule has 0 spiro atoms. The van der Waals surface area contributed by atoms with Crippen LogP contribution < -0.4 is 0 Å². The van der Waals surface area contributed by atoms with Crippen molar-refractivity contribution in [2.24, 2.45) is 0 Å². The minimum atomic E-state index is -0.0297. The minimum absolute atomic E-state index is 0.0297. The number of unbranched alkanes of at least 4 members (excludes halogenated alkanes) is 3. The molecule has 0 heterocycles. The number of benzene rings is 5. The molecule has 0 N–H and O–H groups in total. The van der Waals surface area contributed by atoms with E-state index in [1.165, 1.54) is 104 Å². The number of carbonyl (C=O) groups is 1. The Hall–Kier alpha value is -4.21. The topological polar surface area (TPSA) is 17.1 Å². The van der Waals surface area contributed by atoms with Gasteiger partial charge in [-0.05, 0) is 50.2 Å². The summed E-state index contributed by atoms with van der Waals surface area (Å²) in [5.74, 6) is 0.107. The summed E-state index contributed by atoms with van der Waals surface area (Å²) in [5.41, 5.74) is 7.09. The Balaban J connectivity index is 0.000000233. The van der Waals surface area contributed by atoms with E-state index in [0.29, 0.717) is 7.85 Å². The van der Waals surface area contributed by atoms with Crippen LogP contribution in [0.1, 0.15) is 110 Å². The van der Waals surface area contributed by atoms with Gasteiger partial charge in [-0.2, -0.15) is 6.32 Å². The van der Waals surface area contributed by atoms with Crippen molar-refractivity contribution in [1.82, 2.24) is 0 Å². The third kappa shape index (κ3) is 11.1. The summed E-state index contributed by atoms with van der Waals surface area (Å²) in [6, 6.07) is 51.1. The monoisotopic (exact) mass is 679 g/mol. The van der Waals surface area contributed by atoms with Crippen molar-refractivity contribution in [3.05, 3.63) is 179 Å². The first-order valence-corrected chi connectivity index (χ1v) is 19.0. The lowest BCUT2D eigenvalue weighted by Crippen LogP contribution is -2.49. The first-order chi connectivity index (χ1) is 25.0. The molecular weight excluding hydrogens is 617 g/mol. The summed E-state index contributed by atoms with van der Waals surface area (Å²) in [4.78, 5) is 12.7. The predicted molar refractivity (Wildman–Crippen MR) is 223 cm³/mol. The normalized spacial score (nSPS) is 11.5. The summed E-state index contributed by atoms with van der Waals surface area (Å²) in [6.45, 7) is 11.7. The van der Waals surface area contributed by atoms with Crippen molar-refractivity contribution in [2.75, 3.05) is 19.6 Å². The highest BCUT2D eigenvalue weighted by Gasteiger charge is 2.35. The molecule has 0 unspecified atom stereocenters. The van der Waals surface area contributed by atoms with Crippen LogP contribution in [-0.2, 0) is 12.0 Å². The van der Waals surface area contributed by atoms with Crippen LogP contribution >= 0.6 is 0 Å². The fraction of sp³-hybridized carbons (Fsp3) is 0.354. The van der Waals surface area contributed by atoms with Crippen LogP contribution in [0.2, 0.25) is 6.32 Å². The van der Waals surface area contributed by atoms with Crippen LogP contribution in [-0.4, -0.2) is 37.7 Å². The Labute approximate surface area is 311 Å². The number of nitrogens with zero attached hydrogens (tertiary/aromatic N) is 1. The van der Waals surface area contributed by atoms with E-state index in [0.717, 1.165) is 17.7 Å². The number of carbonyl (C=O) groups excluding carboxylic acids is 1. The van der Waals surface area contributed by atoms with Gasteiger partial charge in [0, 0.05) is 22.1 Å². The predicted octanol–water partition coefficient (Wildman–Crippen LogP) is 11.2. The van der Waals surface area contributed by atoms with Crippen LogP contribution in [0.4, 0.5) is 0 Å². The van der Waals surface area contributed by atoms with E-state index < -0.39 is 0 Å². The lowest BCUT2D eigenvalue weighted by atomic mass is 9.66. The van der Waals surface area contributed by atoms with E-state index in [9.17, 15) is 4.79 Å². The highest BCUT2D eigenvalue weighted by molar-refractivity contribution is 6.09. The smallest absolute Gasteiger partial charge is 0.193 e. The minimum Gasteiger partial charge on any atom is -0.320 e. The lowest BCUT2D eigenvalue weighted by Gasteiger charge is -2.39. The molecule has 0 bridgehead atoms. The van der Waals surface area contributed by atoms with Gasteiger partial charge in [-0.25, -0.2) is 0 Å². The molecule has 0 radical (unpaired) electrons. The second-order valence-electron chi connectivity index (χ2n) is 13.7. The Morgan fingerprint density at radius 3 is 1.25 bits per heavy atom. The van der Waals surface area contributed by atoms with Gasteiger partial charge in [0.1, 0.15) is 6.54 Å². The van der Waals surface area contributed by atoms with Crippen LogP contribution in [0.15, 0.2) is 146 Å². The zero-order chi connectivity index (χ0) is 36.2. The molecule has 0 aliphatic heterocycles. The van der Waals surface area contributed by atoms with Crippen LogP contribution in [0.25, 0.3) is 0 Å². The highest BCUT2D eigenvalue weighted by Crippen LogP contribution is 2.43. The Morgan fingerprint density at radius 1 is 0.510 bits per heavy atom. The fourth-order valence-corrected chi connectivity index (χ4v) is 7.32. The van der Waals surface area contributed by atoms with Gasteiger partial charge in [-0.1, -0.05) is 192 Å². The molecule has 0 amide bonds. The van der Waals surface area contributed by atoms with Gasteiger partial charge in [-0.3, -0.25) is 4.79 Å². The van der Waals surface area contributed by atoms with Gasteiger partial charge in [0.15, 0.2) is 5.78 Å². The van der Waals surface area contributed by atoms with E-state index in [-0.39, 0.29) is 11.2 Å². The van der Waals surface area contributed by atoms with Crippen molar-refractivity contribution in [2.45, 2.75) is 90.4 Å². The lowest BCUT2D eigenvalue weighted by molar-refractivity contribution is -0.941. The Kier molecular flexibility index (Phi) is 16.5. The maximum absolute atomic E-state index is 12.7. The number of ketones is 1. The number of hydrogen-bond donors (Lipinski definition) is 0. The summed E-state index contributed by atoms with van der Waals surface area (Å²) < 4.78 is 1.20. The van der Waals surface area contributed by atoms with E-state index in [4.69, 9.17) is 0 Å². The maximum Gasteiger partial charge on any atom is 0.193 e. The molecule has 0 fully saturated rings. The summed E-state index contributed by atoms with van der Waals surface area (Å²) >= 11 is 0. The zero-order valence-corrected chi connectivity index (χ0v) is 30.9. The van der Waals surface area contributed by atoms with E-state index in [1.807, 2.05) is 42.5 Å². The van der Waals surface area contributed by atoms with Crippen molar-refractivity contribution >= 4 is 13.6 Å². The van der Waals surface area contributed by atoms with Crippen molar-refractivity contribution in [3.63, 3.8) is 0 Å². The largest absolute Gasteiger partial charge is 0.320 e. The molecule has 5 aromatic rings. The first-order valence-electron chi connectivity index (χ1n) is 19.0. The number of quaternary nitrogens is 1. The maximum atomic E-state index is 12.7. The number of hydrogen-bond acceptors (Lipinski definition) is 1. The quantitative estimate of drug-likeness (QED) is 0.0367.